The molecule has 0 spiro atoms. The maximum Gasteiger partial charge on any atom is 0.0629 e. The molecule has 0 radical (unpaired) electrons. The average molecular weight is 228 g/mol. The summed E-state index contributed by atoms with van der Waals surface area (Å²) in [5.41, 5.74) is -0.0705. The number of rotatable bonds is 5. The first-order valence-corrected chi connectivity index (χ1v) is 6.41. The van der Waals surface area contributed by atoms with Gasteiger partial charge < -0.3 is 15.2 Å². The number of nitrogens with one attached hydrogen (secondary N) is 1. The van der Waals surface area contributed by atoms with Gasteiger partial charge in [0.1, 0.15) is 0 Å². The van der Waals surface area contributed by atoms with Crippen molar-refractivity contribution in [3.8, 4) is 0 Å². The third-order valence-corrected chi connectivity index (χ3v) is 4.16. The van der Waals surface area contributed by atoms with Crippen LogP contribution in [0.25, 0.3) is 0 Å². The topological polar surface area (TPSA) is 44.7 Å². The van der Waals surface area contributed by atoms with Crippen molar-refractivity contribution < 1.29 is 9.84 Å². The molecule has 94 valence electrons. The first kappa shape index (κ1) is 12.3. The lowest BCUT2D eigenvalue weighted by Gasteiger charge is -2.40. The molecule has 0 aliphatic carbocycles. The van der Waals surface area contributed by atoms with Gasteiger partial charge in [-0.15, -0.1) is 0 Å². The molecule has 0 aromatic heterocycles. The molecule has 2 N–H and O–H groups in total. The summed E-state index contributed by atoms with van der Waals surface area (Å²) in [5.74, 6) is 0. The first-order chi connectivity index (χ1) is 7.82. The molecule has 2 heterocycles. The van der Waals surface area contributed by atoms with Gasteiger partial charge in [-0.1, -0.05) is 6.42 Å². The van der Waals surface area contributed by atoms with Crippen LogP contribution >= 0.6 is 0 Å². The lowest BCUT2D eigenvalue weighted by molar-refractivity contribution is 0.0802. The van der Waals surface area contributed by atoms with E-state index in [2.05, 4.69) is 10.2 Å². The quantitative estimate of drug-likeness (QED) is 0.660. The molecule has 2 unspecified atom stereocenters. The molecule has 4 heteroatoms. The van der Waals surface area contributed by atoms with Crippen LogP contribution in [-0.4, -0.2) is 61.5 Å². The number of piperidine rings is 1. The lowest BCUT2D eigenvalue weighted by atomic mass is 9.86. The largest absolute Gasteiger partial charge is 0.394 e. The first-order valence-electron chi connectivity index (χ1n) is 6.41. The van der Waals surface area contributed by atoms with E-state index in [1.807, 2.05) is 0 Å². The zero-order valence-corrected chi connectivity index (χ0v) is 10.2. The predicted molar refractivity (Wildman–Crippen MR) is 63.5 cm³/mol. The maximum absolute atomic E-state index is 9.72. The minimum absolute atomic E-state index is 0.0705. The van der Waals surface area contributed by atoms with Crippen LogP contribution in [0.2, 0.25) is 0 Å². The van der Waals surface area contributed by atoms with Gasteiger partial charge in [0.25, 0.3) is 0 Å². The number of ether oxygens (including phenoxy) is 1. The summed E-state index contributed by atoms with van der Waals surface area (Å²) in [6.45, 7) is 4.14. The Morgan fingerprint density at radius 1 is 1.44 bits per heavy atom. The molecule has 2 aliphatic heterocycles. The molecule has 2 atom stereocenters. The minimum Gasteiger partial charge on any atom is -0.394 e. The zero-order chi connectivity index (χ0) is 11.4. The van der Waals surface area contributed by atoms with Gasteiger partial charge >= 0.3 is 0 Å². The SMILES string of the molecule is COCCNC1(CO)CCN2CCCCC21. The van der Waals surface area contributed by atoms with E-state index < -0.39 is 0 Å². The van der Waals surface area contributed by atoms with Crippen molar-refractivity contribution >= 4 is 0 Å². The smallest absolute Gasteiger partial charge is 0.0629 e. The summed E-state index contributed by atoms with van der Waals surface area (Å²) in [6, 6.07) is 0.531. The van der Waals surface area contributed by atoms with E-state index in [0.717, 1.165) is 19.5 Å². The maximum atomic E-state index is 9.72. The van der Waals surface area contributed by atoms with E-state index in [1.165, 1.54) is 25.8 Å². The number of methoxy groups -OCH3 is 1. The summed E-state index contributed by atoms with van der Waals surface area (Å²) in [7, 11) is 1.72. The predicted octanol–water partition coefficient (Wildman–Crippen LogP) is 0.212. The normalized spacial score (nSPS) is 35.2. The molecule has 2 rings (SSSR count). The number of fused-ring (bicyclic) bond motifs is 1. The molecular weight excluding hydrogens is 204 g/mol. The molecule has 0 bridgehead atoms. The van der Waals surface area contributed by atoms with Crippen LogP contribution in [0, 0.1) is 0 Å². The second kappa shape index (κ2) is 5.45. The highest BCUT2D eigenvalue weighted by Crippen LogP contribution is 2.34. The number of aliphatic hydroxyl groups is 1. The fourth-order valence-electron chi connectivity index (χ4n) is 3.24. The van der Waals surface area contributed by atoms with Gasteiger partial charge in [0.15, 0.2) is 0 Å². The van der Waals surface area contributed by atoms with Crippen LogP contribution in [0.4, 0.5) is 0 Å². The van der Waals surface area contributed by atoms with Gasteiger partial charge in [-0.05, 0) is 25.8 Å². The second-order valence-electron chi connectivity index (χ2n) is 5.03. The van der Waals surface area contributed by atoms with Gasteiger partial charge in [0, 0.05) is 26.2 Å². The highest BCUT2D eigenvalue weighted by atomic mass is 16.5. The van der Waals surface area contributed by atoms with Crippen LogP contribution in [0.1, 0.15) is 25.7 Å². The van der Waals surface area contributed by atoms with Gasteiger partial charge in [0.2, 0.25) is 0 Å². The number of aliphatic hydroxyl groups excluding tert-OH is 1. The van der Waals surface area contributed by atoms with E-state index in [4.69, 9.17) is 4.74 Å². The van der Waals surface area contributed by atoms with Crippen molar-refractivity contribution in [1.29, 1.82) is 0 Å². The van der Waals surface area contributed by atoms with E-state index >= 15 is 0 Å². The number of nitrogens with zero attached hydrogens (tertiary/aromatic N) is 1. The van der Waals surface area contributed by atoms with E-state index in [9.17, 15) is 5.11 Å². The van der Waals surface area contributed by atoms with Crippen molar-refractivity contribution in [3.05, 3.63) is 0 Å². The highest BCUT2D eigenvalue weighted by molar-refractivity contribution is 5.06. The van der Waals surface area contributed by atoms with Crippen molar-refractivity contribution in [3.63, 3.8) is 0 Å². The number of hydrogen-bond donors (Lipinski definition) is 2. The summed E-state index contributed by atoms with van der Waals surface area (Å²) in [5, 5.41) is 13.3. The molecule has 2 aliphatic rings. The Labute approximate surface area is 98.0 Å². The summed E-state index contributed by atoms with van der Waals surface area (Å²) in [4.78, 5) is 2.54. The van der Waals surface area contributed by atoms with Gasteiger partial charge in [-0.2, -0.15) is 0 Å². The average Bonchev–Trinajstić information content (AvgIpc) is 2.70. The fraction of sp³-hybridized carbons (Fsp3) is 1.00. The minimum atomic E-state index is -0.0705. The number of hydrogen-bond acceptors (Lipinski definition) is 4. The molecule has 0 aromatic rings. The standard InChI is InChI=1S/C12H24N2O2/c1-16-9-6-13-12(10-15)5-8-14-7-3-2-4-11(12)14/h11,13,15H,2-10H2,1H3. The molecule has 2 saturated heterocycles. The van der Waals surface area contributed by atoms with Crippen molar-refractivity contribution in [1.82, 2.24) is 10.2 Å². The Morgan fingerprint density at radius 3 is 3.06 bits per heavy atom. The molecule has 0 amide bonds. The Balaban J connectivity index is 1.97. The van der Waals surface area contributed by atoms with E-state index in [1.54, 1.807) is 7.11 Å². The van der Waals surface area contributed by atoms with Crippen LogP contribution in [0.15, 0.2) is 0 Å². The molecule has 2 fully saturated rings. The van der Waals surface area contributed by atoms with Crippen LogP contribution in [-0.2, 0) is 4.74 Å². The molecule has 16 heavy (non-hydrogen) atoms. The molecular formula is C12H24N2O2. The van der Waals surface area contributed by atoms with Gasteiger partial charge in [-0.3, -0.25) is 4.90 Å². The van der Waals surface area contributed by atoms with Crippen LogP contribution in [0.3, 0.4) is 0 Å². The monoisotopic (exact) mass is 228 g/mol. The van der Waals surface area contributed by atoms with Crippen LogP contribution < -0.4 is 5.32 Å². The Hall–Kier alpha value is -0.160. The molecule has 0 aromatic carbocycles. The van der Waals surface area contributed by atoms with Crippen molar-refractivity contribution in [2.75, 3.05) is 40.0 Å². The third-order valence-electron chi connectivity index (χ3n) is 4.16. The van der Waals surface area contributed by atoms with E-state index in [-0.39, 0.29) is 12.1 Å². The fourth-order valence-corrected chi connectivity index (χ4v) is 3.24. The lowest BCUT2D eigenvalue weighted by Crippen LogP contribution is -2.58. The summed E-state index contributed by atoms with van der Waals surface area (Å²) in [6.07, 6.45) is 4.91. The summed E-state index contributed by atoms with van der Waals surface area (Å²) < 4.78 is 5.07. The van der Waals surface area contributed by atoms with Gasteiger partial charge in [0.05, 0.1) is 18.8 Å². The zero-order valence-electron chi connectivity index (χ0n) is 10.2. The molecule has 0 saturated carbocycles. The van der Waals surface area contributed by atoms with Crippen LogP contribution in [0.5, 0.6) is 0 Å². The third kappa shape index (κ3) is 2.25. The Morgan fingerprint density at radius 2 is 2.31 bits per heavy atom. The Kier molecular flexibility index (Phi) is 4.19. The van der Waals surface area contributed by atoms with Crippen molar-refractivity contribution in [2.24, 2.45) is 0 Å². The Bertz CT molecular complexity index is 225. The highest BCUT2D eigenvalue weighted by Gasteiger charge is 2.46. The van der Waals surface area contributed by atoms with Crippen molar-refractivity contribution in [2.45, 2.75) is 37.3 Å². The summed E-state index contributed by atoms with van der Waals surface area (Å²) >= 11 is 0. The second-order valence-corrected chi connectivity index (χ2v) is 5.03. The van der Waals surface area contributed by atoms with Gasteiger partial charge in [-0.25, -0.2) is 0 Å². The van der Waals surface area contributed by atoms with E-state index in [0.29, 0.717) is 12.6 Å². The molecule has 4 nitrogen and oxygen atoms in total.